The van der Waals surface area contributed by atoms with E-state index >= 15 is 0 Å². The van der Waals surface area contributed by atoms with Gasteiger partial charge in [0.2, 0.25) is 0 Å². The van der Waals surface area contributed by atoms with Gasteiger partial charge in [-0.25, -0.2) is 0 Å². The van der Waals surface area contributed by atoms with Crippen LogP contribution in [-0.4, -0.2) is 7.11 Å². The van der Waals surface area contributed by atoms with Gasteiger partial charge in [0.25, 0.3) is 0 Å². The van der Waals surface area contributed by atoms with Crippen molar-refractivity contribution >= 4 is 768 Å². The normalized spacial score (nSPS) is 12.0. The monoisotopic (exact) mass is 2530 g/mol. The second-order valence-corrected chi connectivity index (χ2v) is 144. The lowest BCUT2D eigenvalue weighted by Gasteiger charge is -2.03. The highest BCUT2D eigenvalue weighted by molar-refractivity contribution is 9.66. The summed E-state index contributed by atoms with van der Waals surface area (Å²) in [6, 6.07) is 0. The third-order valence-corrected chi connectivity index (χ3v) is 172. The Morgan fingerprint density at radius 2 is 0.263 bits per heavy atom. The van der Waals surface area contributed by atoms with E-state index in [9.17, 15) is 0 Å². The van der Waals surface area contributed by atoms with E-state index in [1.807, 2.05) is 560 Å². The van der Waals surface area contributed by atoms with Gasteiger partial charge in [-0.1, -0.05) is 11.7 Å². The van der Waals surface area contributed by atoms with Gasteiger partial charge in [-0.05, 0) is 101 Å². The summed E-state index contributed by atoms with van der Waals surface area (Å²) in [4.78, 5) is 0. The van der Waals surface area contributed by atoms with E-state index in [1.165, 1.54) is 19.7 Å². The van der Waals surface area contributed by atoms with Crippen molar-refractivity contribution in [1.29, 1.82) is 0 Å². The second-order valence-electron chi connectivity index (χ2n) is 5.62. The quantitative estimate of drug-likeness (QED) is 0.0352. The van der Waals surface area contributed by atoms with Gasteiger partial charge in [0.05, 0.1) is 13.6 Å². The molecule has 482 valence electrons. The maximum atomic E-state index is 5.18. The molecule has 0 rings (SSSR count). The van der Waals surface area contributed by atoms with Crippen LogP contribution < -0.4 is 0 Å². The van der Waals surface area contributed by atoms with E-state index in [4.69, 9.17) is 26.6 Å². The van der Waals surface area contributed by atoms with Crippen LogP contribution in [0.5, 0.6) is 0 Å². The minimum atomic E-state index is -1.80. The van der Waals surface area contributed by atoms with Crippen LogP contribution >= 0.6 is 739 Å². The molecule has 0 aliphatic heterocycles. The molecule has 0 amide bonds. The first kappa shape index (κ1) is 107. The van der Waals surface area contributed by atoms with Gasteiger partial charge in [0, 0.05) is 649 Å². The SMILES string of the molecule is COS(=S)(=S)SSSSSSSSSSSSSSSSSSSSSSSSSSSSSSSSSSSSSSSSSSSSSSSSSSSSSSSSSSSSSSSSSSSSSSSSSSS. The average molecular weight is 2530 g/mol. The zero-order valence-corrected chi connectivity index (χ0v) is 97.1. The maximum Gasteiger partial charge on any atom is 0.0817 e. The Morgan fingerprint density at radius 1 is 0.175 bits per heavy atom. The molecule has 0 atom stereocenters. The molecule has 79 heteroatoms. The summed E-state index contributed by atoms with van der Waals surface area (Å²) >= 11 is 14.5. The highest BCUT2D eigenvalue weighted by atomic mass is 34.1. The van der Waals surface area contributed by atoms with Crippen LogP contribution in [0.15, 0.2) is 0 Å². The summed E-state index contributed by atoms with van der Waals surface area (Å²) < 4.78 is 5.12. The third-order valence-electron chi connectivity index (χ3n) is 2.32. The van der Waals surface area contributed by atoms with Crippen molar-refractivity contribution in [2.75, 3.05) is 7.11 Å². The van der Waals surface area contributed by atoms with Gasteiger partial charge < -0.3 is 4.18 Å². The molecule has 0 fully saturated rings. The largest absolute Gasteiger partial charge is 0.305 e. The number of hydrogen-bond acceptors (Lipinski definition) is 78. The van der Waals surface area contributed by atoms with Crippen LogP contribution in [0.2, 0.25) is 0 Å². The van der Waals surface area contributed by atoms with E-state index in [1.54, 1.807) is 154 Å². The topological polar surface area (TPSA) is 9.23 Å². The zero-order chi connectivity index (χ0) is 57.5. The summed E-state index contributed by atoms with van der Waals surface area (Å²) in [6.45, 7) is -1.80. The smallest absolute Gasteiger partial charge is 0.0817 e. The van der Waals surface area contributed by atoms with Gasteiger partial charge in [0.15, 0.2) is 0 Å². The number of rotatable bonds is 75. The lowest BCUT2D eigenvalue weighted by Crippen LogP contribution is -1.87. The van der Waals surface area contributed by atoms with Crippen molar-refractivity contribution in [3.05, 3.63) is 0 Å². The summed E-state index contributed by atoms with van der Waals surface area (Å²) in [6.07, 6.45) is 0. The minimum Gasteiger partial charge on any atom is -0.305 e. The van der Waals surface area contributed by atoms with Crippen molar-refractivity contribution in [1.82, 2.24) is 0 Å². The number of hydrogen-bond donors (Lipinski definition) is 1. The number of thiol groups is 1. The molecular formula is CH4OS78. The van der Waals surface area contributed by atoms with Crippen molar-refractivity contribution in [2.45, 2.75) is 0 Å². The molecular weight excluding hydrogens is 2530 g/mol. The van der Waals surface area contributed by atoms with Crippen LogP contribution in [0.25, 0.3) is 0 Å². The van der Waals surface area contributed by atoms with Crippen LogP contribution in [0.1, 0.15) is 0 Å². The van der Waals surface area contributed by atoms with Gasteiger partial charge in [-0.3, -0.25) is 0 Å². The first-order valence-corrected chi connectivity index (χ1v) is 117. The lowest BCUT2D eigenvalue weighted by atomic mass is 11.8. The van der Waals surface area contributed by atoms with E-state index in [2.05, 4.69) is 11.7 Å². The first-order chi connectivity index (χ1) is 39.6. The van der Waals surface area contributed by atoms with Crippen molar-refractivity contribution < 1.29 is 4.18 Å². The molecule has 0 bridgehead atoms. The Labute approximate surface area is 757 Å². The standard InChI is InChI=1S/CH4OS78/c1-2-80(4,5)79-78-77-76-75-74-73-72-71-70-69-68-67-66-65-64-63-62-61-60-59-58-57-56-55-54-53-52-51-50-49-48-47-46-45-44-43-42-41-40-39-38-37-36-35-34-33-32-31-30-29-28-27-26-25-24-23-22-21-20-19-18-17-16-15-14-13-12-11-10-9-8-7-6-3/h3H,1H3. The fourth-order valence-electron chi connectivity index (χ4n) is 0.879. The summed E-state index contributed by atoms with van der Waals surface area (Å²) in [5, 5.41) is 0. The van der Waals surface area contributed by atoms with E-state index in [0.29, 0.717) is 0 Å². The highest BCUT2D eigenvalue weighted by Gasteiger charge is 2.08. The third kappa shape index (κ3) is 101. The molecule has 1 nitrogen and oxygen atoms in total. The average Bonchev–Trinajstić information content (AvgIpc) is 3.46. The van der Waals surface area contributed by atoms with Gasteiger partial charge in [-0.15, -0.1) is 0 Å². The fraction of sp³-hybridized carbons (Fsp3) is 1.00. The Morgan fingerprint density at radius 3 is 0.350 bits per heavy atom. The summed E-state index contributed by atoms with van der Waals surface area (Å²) in [7, 11) is 135. The Hall–Kier alpha value is 27.0. The van der Waals surface area contributed by atoms with Crippen LogP contribution in [-0.2, 0) is 33.0 Å². The van der Waals surface area contributed by atoms with Crippen molar-refractivity contribution in [2.24, 2.45) is 0 Å². The van der Waals surface area contributed by atoms with E-state index in [0.717, 1.165) is 0 Å². The molecule has 80 heavy (non-hydrogen) atoms. The Bertz CT molecular complexity index is 1160. The molecule has 0 aliphatic carbocycles. The molecule has 0 unspecified atom stereocenters. The minimum absolute atomic E-state index is 1.46. The molecule has 0 N–H and O–H groups in total. The first-order valence-electron chi connectivity index (χ1n) is 13.4. The van der Waals surface area contributed by atoms with Crippen LogP contribution in [0, 0.1) is 0 Å². The molecule has 0 spiro atoms. The van der Waals surface area contributed by atoms with Crippen molar-refractivity contribution in [3.8, 4) is 0 Å². The highest BCUT2D eigenvalue weighted by Crippen LogP contribution is 2.72. The summed E-state index contributed by atoms with van der Waals surface area (Å²) in [5.41, 5.74) is 0. The van der Waals surface area contributed by atoms with Crippen LogP contribution in [0.4, 0.5) is 0 Å². The van der Waals surface area contributed by atoms with Crippen molar-refractivity contribution in [3.63, 3.8) is 0 Å². The molecule has 0 radical (unpaired) electrons. The van der Waals surface area contributed by atoms with Crippen LogP contribution in [0.3, 0.4) is 0 Å². The van der Waals surface area contributed by atoms with Gasteiger partial charge in [-0.2, -0.15) is 0 Å². The second kappa shape index (κ2) is 100. The zero-order valence-electron chi connectivity index (χ0n) is 33.3. The van der Waals surface area contributed by atoms with Gasteiger partial charge in [0.1, 0.15) is 0 Å². The molecule has 0 saturated carbocycles. The summed E-state index contributed by atoms with van der Waals surface area (Å²) in [5.74, 6) is 0. The lowest BCUT2D eigenvalue weighted by molar-refractivity contribution is 0.491. The van der Waals surface area contributed by atoms with E-state index < -0.39 is 6.46 Å². The molecule has 0 heterocycles. The van der Waals surface area contributed by atoms with E-state index in [-0.39, 0.29) is 0 Å². The predicted molar refractivity (Wildman–Crippen MR) is 600 cm³/mol. The fourth-order valence-corrected chi connectivity index (χ4v) is 206. The molecule has 0 saturated heterocycles. The Kier molecular flexibility index (Phi) is 134. The molecule has 0 aromatic carbocycles. The molecule has 0 aliphatic rings. The maximum absolute atomic E-state index is 5.18. The molecule has 0 aromatic rings. The van der Waals surface area contributed by atoms with Gasteiger partial charge >= 0.3 is 0 Å². The predicted octanol–water partition coefficient (Wildman–Crippen LogP) is 48.4. The Balaban J connectivity index is 3.09. The molecule has 0 aromatic heterocycles.